The van der Waals surface area contributed by atoms with Gasteiger partial charge in [0.05, 0.1) is 32.0 Å². The minimum absolute atomic E-state index is 0.150. The van der Waals surface area contributed by atoms with E-state index in [4.69, 9.17) is 18.9 Å². The van der Waals surface area contributed by atoms with Gasteiger partial charge in [0.25, 0.3) is 0 Å². The quantitative estimate of drug-likeness (QED) is 0.0351. The zero-order valence-corrected chi connectivity index (χ0v) is 36.4. The van der Waals surface area contributed by atoms with Crippen LogP contribution in [-0.4, -0.2) is 140 Å². The molecule has 0 aliphatic carbocycles. The zero-order valence-electron chi connectivity index (χ0n) is 36.4. The second kappa shape index (κ2) is 33.7. The maximum absolute atomic E-state index is 13.0. The Morgan fingerprint density at radius 3 is 1.70 bits per heavy atom. The van der Waals surface area contributed by atoms with Crippen LogP contribution in [-0.2, 0) is 23.7 Å². The number of aliphatic hydroxyl groups excluding tert-OH is 8. The lowest BCUT2D eigenvalue weighted by atomic mass is 9.97. The fourth-order valence-corrected chi connectivity index (χ4v) is 6.66. The lowest BCUT2D eigenvalue weighted by molar-refractivity contribution is -0.359. The smallest absolute Gasteiger partial charge is 0.220 e. The molecule has 2 aliphatic rings. The van der Waals surface area contributed by atoms with Crippen molar-refractivity contribution >= 4 is 5.91 Å². The molecule has 12 atom stereocenters. The maximum atomic E-state index is 13.0. The summed E-state index contributed by atoms with van der Waals surface area (Å²) in [7, 11) is 0. The molecule has 2 saturated heterocycles. The van der Waals surface area contributed by atoms with E-state index >= 15 is 0 Å². The Labute approximate surface area is 363 Å². The Balaban J connectivity index is 1.90. The molecule has 12 unspecified atom stereocenters. The SMILES string of the molecule is CC/C=C\C/C=C\C/C=C\C/C=C\C/C=C\C/C=C\CCC(=O)NC(COC1OC(CO)C(OC2OC(CO)C(O)C(O)C2O)C(O)C1O)C(O)/C=C/CCCCCCCC. The molecule has 0 saturated carbocycles. The number of hydrogen-bond acceptors (Lipinski definition) is 13. The Morgan fingerprint density at radius 1 is 0.607 bits per heavy atom. The van der Waals surface area contributed by atoms with Gasteiger partial charge in [-0.05, 0) is 57.8 Å². The highest BCUT2D eigenvalue weighted by molar-refractivity contribution is 5.76. The van der Waals surface area contributed by atoms with Gasteiger partial charge in [0.15, 0.2) is 12.6 Å². The van der Waals surface area contributed by atoms with Gasteiger partial charge in [-0.2, -0.15) is 0 Å². The molecule has 14 nitrogen and oxygen atoms in total. The Bertz CT molecular complexity index is 1350. The van der Waals surface area contributed by atoms with Gasteiger partial charge in [-0.15, -0.1) is 0 Å². The molecule has 2 rings (SSSR count). The first-order valence-corrected chi connectivity index (χ1v) is 22.3. The Kier molecular flexibility index (Phi) is 30.0. The molecule has 9 N–H and O–H groups in total. The van der Waals surface area contributed by atoms with Crippen molar-refractivity contribution in [1.29, 1.82) is 0 Å². The van der Waals surface area contributed by atoms with Crippen molar-refractivity contribution in [2.45, 2.75) is 184 Å². The normalized spacial score (nSPS) is 28.8. The minimum atomic E-state index is -1.80. The van der Waals surface area contributed by atoms with Gasteiger partial charge >= 0.3 is 0 Å². The van der Waals surface area contributed by atoms with E-state index in [-0.39, 0.29) is 18.9 Å². The number of amides is 1. The molecule has 2 fully saturated rings. The summed E-state index contributed by atoms with van der Waals surface area (Å²) >= 11 is 0. The first kappa shape index (κ1) is 54.3. The van der Waals surface area contributed by atoms with Gasteiger partial charge in [0, 0.05) is 6.42 Å². The van der Waals surface area contributed by atoms with E-state index in [2.05, 4.69) is 79.9 Å². The largest absolute Gasteiger partial charge is 0.394 e. The van der Waals surface area contributed by atoms with E-state index in [1.807, 2.05) is 18.2 Å². The monoisotopic (exact) mass is 864 g/mol. The number of allylic oxidation sites excluding steroid dienone is 13. The average Bonchev–Trinajstić information content (AvgIpc) is 3.26. The van der Waals surface area contributed by atoms with Gasteiger partial charge in [0.1, 0.15) is 48.8 Å². The van der Waals surface area contributed by atoms with Gasteiger partial charge in [-0.3, -0.25) is 4.79 Å². The lowest BCUT2D eigenvalue weighted by Crippen LogP contribution is -2.65. The Morgan fingerprint density at radius 2 is 1.13 bits per heavy atom. The fourth-order valence-electron chi connectivity index (χ4n) is 6.66. The molecule has 61 heavy (non-hydrogen) atoms. The third-order valence-corrected chi connectivity index (χ3v) is 10.4. The summed E-state index contributed by atoms with van der Waals surface area (Å²) in [5.74, 6) is -0.331. The van der Waals surface area contributed by atoms with Crippen LogP contribution in [0.3, 0.4) is 0 Å². The predicted octanol–water partition coefficient (Wildman–Crippen LogP) is 4.26. The first-order chi connectivity index (χ1) is 29.6. The molecule has 0 aromatic carbocycles. The second-order valence-corrected chi connectivity index (χ2v) is 15.4. The summed E-state index contributed by atoms with van der Waals surface area (Å²) in [5, 5.41) is 86.2. The van der Waals surface area contributed by atoms with E-state index in [0.717, 1.165) is 64.2 Å². The molecular weight excluding hydrogens is 787 g/mol. The first-order valence-electron chi connectivity index (χ1n) is 22.3. The van der Waals surface area contributed by atoms with Crippen molar-refractivity contribution in [2.24, 2.45) is 0 Å². The number of carbonyl (C=O) groups excluding carboxylic acids is 1. The van der Waals surface area contributed by atoms with Crippen LogP contribution < -0.4 is 5.32 Å². The van der Waals surface area contributed by atoms with E-state index in [1.54, 1.807) is 6.08 Å². The molecule has 14 heteroatoms. The number of hydrogen-bond donors (Lipinski definition) is 9. The zero-order chi connectivity index (χ0) is 44.7. The topological polar surface area (TPSA) is 228 Å². The molecule has 1 amide bonds. The summed E-state index contributed by atoms with van der Waals surface area (Å²) in [6.45, 7) is 2.52. The number of ether oxygens (including phenoxy) is 4. The molecule has 0 aromatic heterocycles. The summed E-state index contributed by atoms with van der Waals surface area (Å²) in [5.41, 5.74) is 0. The van der Waals surface area contributed by atoms with E-state index in [9.17, 15) is 45.6 Å². The van der Waals surface area contributed by atoms with Crippen LogP contribution in [0, 0.1) is 0 Å². The summed E-state index contributed by atoms with van der Waals surface area (Å²) in [6, 6.07) is -0.956. The molecular formula is C47H77NO13. The van der Waals surface area contributed by atoms with Crippen LogP contribution in [0.15, 0.2) is 85.1 Å². The van der Waals surface area contributed by atoms with Gasteiger partial charge < -0.3 is 65.1 Å². The predicted molar refractivity (Wildman–Crippen MR) is 235 cm³/mol. The summed E-state index contributed by atoms with van der Waals surface area (Å²) in [4.78, 5) is 13.0. The summed E-state index contributed by atoms with van der Waals surface area (Å²) in [6.07, 6.45) is 25.2. The second-order valence-electron chi connectivity index (χ2n) is 15.4. The fraction of sp³-hybridized carbons (Fsp3) is 0.681. The highest BCUT2D eigenvalue weighted by Crippen LogP contribution is 2.29. The number of carbonyl (C=O) groups is 1. The highest BCUT2D eigenvalue weighted by atomic mass is 16.7. The van der Waals surface area contributed by atoms with Crippen LogP contribution >= 0.6 is 0 Å². The molecule has 2 heterocycles. The molecule has 0 bridgehead atoms. The molecule has 348 valence electrons. The van der Waals surface area contributed by atoms with E-state index < -0.39 is 86.8 Å². The van der Waals surface area contributed by atoms with Crippen LogP contribution in [0.5, 0.6) is 0 Å². The third kappa shape index (κ3) is 21.9. The van der Waals surface area contributed by atoms with Crippen molar-refractivity contribution in [3.63, 3.8) is 0 Å². The van der Waals surface area contributed by atoms with Gasteiger partial charge in [-0.25, -0.2) is 0 Å². The summed E-state index contributed by atoms with van der Waals surface area (Å²) < 4.78 is 22.5. The molecule has 0 radical (unpaired) electrons. The lowest BCUT2D eigenvalue weighted by Gasteiger charge is -2.46. The van der Waals surface area contributed by atoms with E-state index in [1.165, 1.54) is 19.3 Å². The average molecular weight is 864 g/mol. The van der Waals surface area contributed by atoms with Crippen LogP contribution in [0.25, 0.3) is 0 Å². The minimum Gasteiger partial charge on any atom is -0.394 e. The van der Waals surface area contributed by atoms with Crippen molar-refractivity contribution < 1.29 is 64.6 Å². The molecule has 0 spiro atoms. The molecule has 2 aliphatic heterocycles. The molecule has 0 aromatic rings. The maximum Gasteiger partial charge on any atom is 0.220 e. The van der Waals surface area contributed by atoms with Crippen molar-refractivity contribution in [3.8, 4) is 0 Å². The van der Waals surface area contributed by atoms with Gasteiger partial charge in [-0.1, -0.05) is 131 Å². The van der Waals surface area contributed by atoms with Crippen LogP contribution in [0.1, 0.15) is 110 Å². The number of rotatable bonds is 31. The van der Waals surface area contributed by atoms with Crippen molar-refractivity contribution in [2.75, 3.05) is 19.8 Å². The standard InChI is InChI=1S/C47H77NO13/c1-3-5-7-9-11-13-14-15-16-17-18-19-20-21-22-23-25-27-29-31-39(52)48-35(36(51)30-28-26-24-12-10-8-6-4-2)34-58-46-44(57)42(55)45(38(33-50)60-46)61-47-43(56)41(54)40(53)37(32-49)59-47/h5,7,11,13,15-16,18-19,21-22,25,27-28,30,35-38,40-47,49-51,53-57H,3-4,6,8-10,12,14,17,20,23-24,26,29,31-34H2,1-2H3,(H,48,52)/b7-5-,13-11-,16-15-,19-18-,22-21-,27-25-,30-28+. The van der Waals surface area contributed by atoms with Crippen LogP contribution in [0.4, 0.5) is 0 Å². The van der Waals surface area contributed by atoms with Crippen LogP contribution in [0.2, 0.25) is 0 Å². The Hall–Kier alpha value is -2.83. The number of aliphatic hydroxyl groups is 8. The van der Waals surface area contributed by atoms with Crippen molar-refractivity contribution in [3.05, 3.63) is 85.1 Å². The number of nitrogens with one attached hydrogen (secondary N) is 1. The van der Waals surface area contributed by atoms with Crippen molar-refractivity contribution in [1.82, 2.24) is 5.32 Å². The van der Waals surface area contributed by atoms with Gasteiger partial charge in [0.2, 0.25) is 5.91 Å². The number of unbranched alkanes of at least 4 members (excludes halogenated alkanes) is 6. The highest BCUT2D eigenvalue weighted by Gasteiger charge is 2.50. The van der Waals surface area contributed by atoms with E-state index in [0.29, 0.717) is 6.42 Å². The third-order valence-electron chi connectivity index (χ3n) is 10.4.